The molecule has 0 aromatic heterocycles. The number of halogens is 6. The molecule has 0 aliphatic rings. The molecule has 0 saturated heterocycles. The Hall–Kier alpha value is -8.64. The highest BCUT2D eigenvalue weighted by molar-refractivity contribution is 7.57. The third kappa shape index (κ3) is 34.7. The zero-order chi connectivity index (χ0) is 95.6. The monoisotopic (exact) mass is 1890 g/mol. The largest absolute Gasteiger partial charge is 0.467 e. The number of hydrogen-bond acceptors (Lipinski definition) is 12. The van der Waals surface area contributed by atoms with E-state index in [1.807, 2.05) is 196 Å². The molecule has 0 heterocycles. The van der Waals surface area contributed by atoms with Gasteiger partial charge in [0.05, 0.1) is 0 Å². The predicted octanol–water partition coefficient (Wildman–Crippen LogP) is 21.6. The fourth-order valence-electron chi connectivity index (χ4n) is 12.9. The highest BCUT2D eigenvalue weighted by Crippen LogP contribution is 2.39. The first kappa shape index (κ1) is 108. The van der Waals surface area contributed by atoms with Crippen molar-refractivity contribution in [3.8, 4) is 34.5 Å². The second-order valence-electron chi connectivity index (χ2n) is 34.2. The maximum absolute atomic E-state index is 14.3. The van der Waals surface area contributed by atoms with Crippen LogP contribution in [0.1, 0.15) is 135 Å². The standard InChI is InChI=1S/C22H30FO2P.C20H26FO2P.C17H20FO2P.2C16H18FO2P.C15H16FO2P/c1-21(2,3)15-12-16(22(4,5)6)20(25-14-24-7)19(13-15)26-18-11-9-8-10-17(18)23;1-13-7-8-17(16(21)10-13)24-18-11-14(2)9-15(20(3,4)5)19(18)23-12-22-6;1-11-5-6-15(14(18)8-11)21-16-9-12(2)7-13(3)17(16)20-10-19-4;1-11-5-7-15(13(17)8-11)20-16-9-12(2)4-6-14(16)19-10-18-3;1-11-7-8-14(13(17)9-11)20-15-6-4-5-12(2)16(15)19-10-18-3;1-11-7-8-14(12(16)9-11)19-15-6-4-3-5-13(15)18-10-17-2/h8-13,26H,14H2,1-7H3;7-11,24H,12H2,1-6H3;5-9,21H,10H2,1-4H3;2*4-9,20H,10H2,1-3H3;3-9,19H,10H2,1-2H3. The lowest BCUT2D eigenvalue weighted by molar-refractivity contribution is 0.0504. The molecule has 24 heteroatoms. The Bertz CT molecular complexity index is 5590. The van der Waals surface area contributed by atoms with Crippen LogP contribution < -0.4 is 92.1 Å². The minimum absolute atomic E-state index is 0.00571. The quantitative estimate of drug-likeness (QED) is 0.0243. The third-order valence-corrected chi connectivity index (χ3v) is 27.5. The third-order valence-electron chi connectivity index (χ3n) is 19.5. The van der Waals surface area contributed by atoms with Gasteiger partial charge in [0.2, 0.25) is 0 Å². The van der Waals surface area contributed by atoms with Crippen molar-refractivity contribution in [3.63, 3.8) is 0 Å². The van der Waals surface area contributed by atoms with E-state index in [1.54, 1.807) is 79.1 Å². The highest BCUT2D eigenvalue weighted by Gasteiger charge is 2.28. The Morgan fingerprint density at radius 2 is 0.508 bits per heavy atom. The molecular weight excluding hydrogens is 1760 g/mol. The van der Waals surface area contributed by atoms with Crippen LogP contribution in [0.5, 0.6) is 34.5 Å². The van der Waals surface area contributed by atoms with Gasteiger partial charge in [-0.3, -0.25) is 0 Å². The summed E-state index contributed by atoms with van der Waals surface area (Å²) in [4.78, 5) is 0. The van der Waals surface area contributed by atoms with Crippen molar-refractivity contribution in [2.24, 2.45) is 0 Å². The lowest BCUT2D eigenvalue weighted by Crippen LogP contribution is -2.23. The van der Waals surface area contributed by atoms with Gasteiger partial charge in [0.15, 0.2) is 40.8 Å². The van der Waals surface area contributed by atoms with Crippen molar-refractivity contribution < 1.29 is 83.2 Å². The number of ether oxygens (including phenoxy) is 12. The number of aryl methyl sites for hydroxylation is 10. The molecule has 0 saturated carbocycles. The second-order valence-corrected chi connectivity index (χ2v) is 42.2. The minimum Gasteiger partial charge on any atom is -0.467 e. The summed E-state index contributed by atoms with van der Waals surface area (Å²) in [6.45, 7) is 40.2. The number of hydrogen-bond donors (Lipinski definition) is 0. The van der Waals surface area contributed by atoms with Gasteiger partial charge in [-0.25, -0.2) is 26.3 Å². The fraction of sp³-hybridized carbons (Fsp3) is 0.321. The molecule has 0 amide bonds. The van der Waals surface area contributed by atoms with Gasteiger partial charge in [0.1, 0.15) is 69.4 Å². The van der Waals surface area contributed by atoms with Crippen molar-refractivity contribution in [2.75, 3.05) is 83.4 Å². The van der Waals surface area contributed by atoms with Crippen LogP contribution in [0.15, 0.2) is 212 Å². The Morgan fingerprint density at radius 1 is 0.215 bits per heavy atom. The molecule has 0 bridgehead atoms. The Kier molecular flexibility index (Phi) is 44.4. The lowest BCUT2D eigenvalue weighted by Gasteiger charge is -2.29. The molecule has 0 aliphatic carbocycles. The van der Waals surface area contributed by atoms with Gasteiger partial charge in [0.25, 0.3) is 0 Å². The van der Waals surface area contributed by atoms with E-state index in [9.17, 15) is 26.3 Å². The highest BCUT2D eigenvalue weighted by atomic mass is 31.1. The molecule has 12 nitrogen and oxygen atoms in total. The van der Waals surface area contributed by atoms with Crippen LogP contribution in [0.25, 0.3) is 0 Å². The lowest BCUT2D eigenvalue weighted by atomic mass is 9.80. The molecule has 130 heavy (non-hydrogen) atoms. The van der Waals surface area contributed by atoms with E-state index < -0.39 is 0 Å². The molecule has 0 spiro atoms. The van der Waals surface area contributed by atoms with Gasteiger partial charge in [0, 0.05) is 117 Å². The van der Waals surface area contributed by atoms with Gasteiger partial charge >= 0.3 is 0 Å². The normalized spacial score (nSPS) is 11.7. The first-order valence-electron chi connectivity index (χ1n) is 42.3. The second kappa shape index (κ2) is 53.3. The summed E-state index contributed by atoms with van der Waals surface area (Å²) in [6, 6.07) is 65.8. The smallest absolute Gasteiger partial charge is 0.188 e. The van der Waals surface area contributed by atoms with Crippen LogP contribution >= 0.6 is 51.5 Å². The maximum atomic E-state index is 14.3. The predicted molar refractivity (Wildman–Crippen MR) is 541 cm³/mol. The SMILES string of the molecule is COCOc1c(C)cc(C)cc1Pc1ccc(C)cc1F.COCOc1c(C)cccc1Pc1ccc(C)cc1F.COCOc1c(Pc2ccc(C)cc2F)cc(C)cc1C(C)(C)C.COCOc1c(Pc2ccccc2F)cc(C(C)(C)C)cc1C(C)(C)C.COCOc1ccc(C)cc1Pc1ccc(C)cc1F.COCOc1ccccc1Pc1ccc(C)cc1F. The summed E-state index contributed by atoms with van der Waals surface area (Å²) < 4.78 is 149. The van der Waals surface area contributed by atoms with E-state index in [-0.39, 0.29) is 143 Å². The molecule has 0 N–H and O–H groups in total. The molecule has 696 valence electrons. The zero-order valence-electron chi connectivity index (χ0n) is 79.6. The van der Waals surface area contributed by atoms with Crippen molar-refractivity contribution in [1.29, 1.82) is 0 Å². The first-order chi connectivity index (χ1) is 61.7. The first-order valence-corrected chi connectivity index (χ1v) is 48.3. The number of methoxy groups -OCH3 is 6. The summed E-state index contributed by atoms with van der Waals surface area (Å²) in [5.41, 5.74) is 13.4. The molecule has 0 aliphatic heterocycles. The fourth-order valence-corrected chi connectivity index (χ4v) is 20.3. The molecular formula is C106H128F6O12P6. The molecule has 6 atom stereocenters. The van der Waals surface area contributed by atoms with Gasteiger partial charge in [-0.05, 0) is 214 Å². The summed E-state index contributed by atoms with van der Waals surface area (Å²) in [7, 11) is 10.8. The van der Waals surface area contributed by atoms with E-state index in [2.05, 4.69) is 106 Å². The van der Waals surface area contributed by atoms with E-state index >= 15 is 0 Å². The Balaban J connectivity index is 0.000000214. The average molecular weight is 1890 g/mol. The molecule has 0 radical (unpaired) electrons. The number of benzene rings is 12. The summed E-state index contributed by atoms with van der Waals surface area (Å²) in [6.07, 6.45) is 0. The van der Waals surface area contributed by atoms with Crippen LogP contribution in [0.3, 0.4) is 0 Å². The minimum atomic E-state index is -0.179. The number of para-hydroxylation sites is 2. The Labute approximate surface area is 778 Å². The van der Waals surface area contributed by atoms with E-state index in [0.717, 1.165) is 133 Å². The van der Waals surface area contributed by atoms with Crippen molar-refractivity contribution >= 4 is 115 Å². The van der Waals surface area contributed by atoms with Crippen molar-refractivity contribution in [2.45, 2.75) is 148 Å². The van der Waals surface area contributed by atoms with E-state index in [0.29, 0.717) is 31.8 Å². The molecule has 12 aromatic rings. The maximum Gasteiger partial charge on any atom is 0.188 e. The van der Waals surface area contributed by atoms with Crippen molar-refractivity contribution in [1.82, 2.24) is 0 Å². The van der Waals surface area contributed by atoms with Crippen LogP contribution in [0, 0.1) is 104 Å². The van der Waals surface area contributed by atoms with E-state index in [4.69, 9.17) is 56.8 Å². The molecule has 0 fully saturated rings. The average Bonchev–Trinajstić information content (AvgIpc) is 0.771. The van der Waals surface area contributed by atoms with Gasteiger partial charge in [-0.2, -0.15) is 0 Å². The van der Waals surface area contributed by atoms with Crippen LogP contribution in [0.4, 0.5) is 26.3 Å². The topological polar surface area (TPSA) is 111 Å². The van der Waals surface area contributed by atoms with Crippen molar-refractivity contribution in [3.05, 3.63) is 320 Å². The Morgan fingerprint density at radius 3 is 0.908 bits per heavy atom. The van der Waals surface area contributed by atoms with E-state index in [1.165, 1.54) is 11.6 Å². The molecule has 12 aromatic carbocycles. The zero-order valence-corrected chi connectivity index (χ0v) is 85.6. The van der Waals surface area contributed by atoms with Crippen LogP contribution in [-0.2, 0) is 44.7 Å². The summed E-state index contributed by atoms with van der Waals surface area (Å²) >= 11 is 0. The molecule has 6 unspecified atom stereocenters. The molecule has 12 rings (SSSR count). The summed E-state index contributed by atoms with van der Waals surface area (Å²) in [5.74, 6) is 3.69. The van der Waals surface area contributed by atoms with Gasteiger partial charge in [-0.1, -0.05) is 259 Å². The van der Waals surface area contributed by atoms with Gasteiger partial charge < -0.3 is 56.8 Å². The number of rotatable bonds is 30. The summed E-state index contributed by atoms with van der Waals surface area (Å²) in [5, 5.41) is 10.2. The van der Waals surface area contributed by atoms with Crippen LogP contribution in [0.2, 0.25) is 0 Å². The van der Waals surface area contributed by atoms with Crippen LogP contribution in [-0.4, -0.2) is 83.4 Å². The van der Waals surface area contributed by atoms with Gasteiger partial charge in [-0.15, -0.1) is 0 Å².